The van der Waals surface area contributed by atoms with Gasteiger partial charge in [0.1, 0.15) is 23.6 Å². The Morgan fingerprint density at radius 3 is 2.79 bits per heavy atom. The Balaban J connectivity index is 1.16. The predicted octanol–water partition coefficient (Wildman–Crippen LogP) is 3.24. The van der Waals surface area contributed by atoms with E-state index in [1.807, 2.05) is 0 Å². The number of aromatic nitrogens is 9. The van der Waals surface area contributed by atoms with Crippen molar-refractivity contribution in [1.82, 2.24) is 54.4 Å². The van der Waals surface area contributed by atoms with E-state index in [9.17, 15) is 22.4 Å². The molecule has 48 heavy (non-hydrogen) atoms. The molecule has 0 unspecified atom stereocenters. The summed E-state index contributed by atoms with van der Waals surface area (Å²) in [4.78, 5) is 24.0. The van der Waals surface area contributed by atoms with E-state index in [0.29, 0.717) is 11.9 Å². The smallest absolute Gasteiger partial charge is 0.387 e. The third kappa shape index (κ3) is 6.70. The van der Waals surface area contributed by atoms with Crippen LogP contribution in [0.25, 0.3) is 16.9 Å². The number of alkyl halides is 4. The molecule has 0 saturated carbocycles. The number of hydrogen-bond acceptors (Lipinski definition) is 10. The summed E-state index contributed by atoms with van der Waals surface area (Å²) in [6.07, 6.45) is 5.05. The second-order valence-corrected chi connectivity index (χ2v) is 12.0. The first-order valence-corrected chi connectivity index (χ1v) is 15.4. The van der Waals surface area contributed by atoms with Gasteiger partial charge in [0.15, 0.2) is 11.5 Å². The number of likely N-dealkylation sites (tertiary alicyclic amines) is 2. The number of tetrazole rings is 1. The zero-order valence-corrected chi connectivity index (χ0v) is 25.8. The number of anilines is 1. The highest BCUT2D eigenvalue weighted by molar-refractivity contribution is 6.09. The summed E-state index contributed by atoms with van der Waals surface area (Å²) < 4.78 is 61.0. The molecule has 0 radical (unpaired) electrons. The lowest BCUT2D eigenvalue weighted by Crippen LogP contribution is -2.52. The summed E-state index contributed by atoms with van der Waals surface area (Å²) >= 11 is 0. The Hall–Kier alpha value is -4.97. The summed E-state index contributed by atoms with van der Waals surface area (Å²) in [6, 6.07) is 6.04. The van der Waals surface area contributed by atoms with E-state index in [1.165, 1.54) is 58.8 Å². The Labute approximate surface area is 271 Å². The van der Waals surface area contributed by atoms with Crippen LogP contribution in [-0.4, -0.2) is 113 Å². The van der Waals surface area contributed by atoms with Crippen LogP contribution in [0.5, 0.6) is 5.75 Å². The van der Waals surface area contributed by atoms with Crippen LogP contribution in [0.2, 0.25) is 0 Å². The molecule has 1 N–H and O–H groups in total. The van der Waals surface area contributed by atoms with Gasteiger partial charge in [-0.25, -0.2) is 18.3 Å². The van der Waals surface area contributed by atoms with Crippen molar-refractivity contribution in [1.29, 1.82) is 0 Å². The fourth-order valence-corrected chi connectivity index (χ4v) is 6.20. The Morgan fingerprint density at radius 2 is 2.02 bits per heavy atom. The van der Waals surface area contributed by atoms with Gasteiger partial charge in [0.2, 0.25) is 6.43 Å². The Morgan fingerprint density at radius 1 is 1.17 bits per heavy atom. The number of nitrogens with one attached hydrogen (secondary N) is 1. The van der Waals surface area contributed by atoms with Crippen molar-refractivity contribution in [2.45, 2.75) is 50.9 Å². The van der Waals surface area contributed by atoms with Gasteiger partial charge in [-0.3, -0.25) is 14.4 Å². The molecule has 0 bridgehead atoms. The monoisotopic (exact) mass is 668 g/mol. The molecule has 2 aliphatic rings. The number of amides is 1. The Kier molecular flexibility index (Phi) is 8.74. The minimum Gasteiger partial charge on any atom is -0.434 e. The van der Waals surface area contributed by atoms with Crippen LogP contribution < -0.4 is 10.1 Å². The first-order valence-electron chi connectivity index (χ1n) is 15.4. The van der Waals surface area contributed by atoms with Crippen molar-refractivity contribution in [2.75, 3.05) is 38.5 Å². The van der Waals surface area contributed by atoms with Gasteiger partial charge in [-0.15, -0.1) is 10.2 Å². The van der Waals surface area contributed by atoms with Gasteiger partial charge < -0.3 is 15.0 Å². The Bertz CT molecular complexity index is 1900. The predicted molar refractivity (Wildman–Crippen MR) is 163 cm³/mol. The zero-order valence-electron chi connectivity index (χ0n) is 25.8. The lowest BCUT2D eigenvalue weighted by atomic mass is 10.0. The van der Waals surface area contributed by atoms with E-state index < -0.39 is 25.4 Å². The molecule has 1 amide bonds. The molecule has 1 aromatic carbocycles. The van der Waals surface area contributed by atoms with E-state index in [-0.39, 0.29) is 52.1 Å². The second kappa shape index (κ2) is 13.3. The number of halogens is 4. The number of ether oxygens (including phenoxy) is 1. The standard InChI is InChI=1S/C30H32F4N12O2/c1-42-8-2-4-19(42)13-43-14-20(15-43)46-39-26(38-41-46)17-44-16-23(37-29(47)22-12-36-45-9-3-7-35-28(22)45)27(40-44)21-10-18(11-25(31)32)5-6-24(21)48-30(33)34/h3,5-7,9-10,12,16,19-20,25,30H,2,4,8,11,13-15,17H2,1H3,(H,37,47)/t19-/m0/s1. The highest BCUT2D eigenvalue weighted by Crippen LogP contribution is 2.37. The molecular weight excluding hydrogens is 636 g/mol. The summed E-state index contributed by atoms with van der Waals surface area (Å²) in [5, 5.41) is 24.4. The molecule has 14 nitrogen and oxygen atoms in total. The van der Waals surface area contributed by atoms with Crippen LogP contribution in [0.4, 0.5) is 23.2 Å². The molecule has 2 saturated heterocycles. The molecule has 5 aromatic rings. The normalized spacial score (nSPS) is 17.5. The highest BCUT2D eigenvalue weighted by atomic mass is 19.3. The van der Waals surface area contributed by atoms with Crippen molar-refractivity contribution in [3.8, 4) is 17.0 Å². The molecular formula is C30H32F4N12O2. The second-order valence-electron chi connectivity index (χ2n) is 12.0. The third-order valence-electron chi connectivity index (χ3n) is 8.62. The largest absolute Gasteiger partial charge is 0.434 e. The maximum Gasteiger partial charge on any atom is 0.387 e. The molecule has 0 spiro atoms. The summed E-state index contributed by atoms with van der Waals surface area (Å²) in [5.41, 5.74) is 0.693. The van der Waals surface area contributed by atoms with Crippen LogP contribution in [0.1, 0.15) is 40.6 Å². The zero-order chi connectivity index (χ0) is 33.4. The van der Waals surface area contributed by atoms with Crippen molar-refractivity contribution in [2.24, 2.45) is 0 Å². The van der Waals surface area contributed by atoms with Crippen molar-refractivity contribution in [3.05, 3.63) is 66.0 Å². The number of fused-ring (bicyclic) bond motifs is 1. The quantitative estimate of drug-likeness (QED) is 0.197. The van der Waals surface area contributed by atoms with Gasteiger partial charge >= 0.3 is 6.61 Å². The van der Waals surface area contributed by atoms with E-state index in [2.05, 4.69) is 52.8 Å². The number of carbonyl (C=O) groups excluding carboxylic acids is 1. The maximum atomic E-state index is 13.4. The molecule has 0 aliphatic carbocycles. The van der Waals surface area contributed by atoms with Gasteiger partial charge in [-0.1, -0.05) is 6.07 Å². The first-order chi connectivity index (χ1) is 23.2. The molecule has 4 aromatic heterocycles. The van der Waals surface area contributed by atoms with E-state index in [0.717, 1.165) is 26.2 Å². The van der Waals surface area contributed by atoms with Crippen LogP contribution in [0.15, 0.2) is 49.1 Å². The number of hydrogen-bond donors (Lipinski definition) is 1. The highest BCUT2D eigenvalue weighted by Gasteiger charge is 2.34. The number of rotatable bonds is 12. The van der Waals surface area contributed by atoms with Crippen molar-refractivity contribution >= 4 is 17.2 Å². The average Bonchev–Trinajstić information content (AvgIpc) is 3.83. The van der Waals surface area contributed by atoms with Gasteiger partial charge in [0.25, 0.3) is 5.91 Å². The topological polar surface area (TPSA) is 136 Å². The summed E-state index contributed by atoms with van der Waals surface area (Å²) in [6.45, 7) is 0.559. The van der Waals surface area contributed by atoms with Crippen LogP contribution in [0, 0.1) is 0 Å². The lowest BCUT2D eigenvalue weighted by molar-refractivity contribution is -0.0494. The van der Waals surface area contributed by atoms with Crippen molar-refractivity contribution < 1.29 is 27.1 Å². The number of carbonyl (C=O) groups is 1. The minimum atomic E-state index is -3.20. The first kappa shape index (κ1) is 31.6. The molecule has 18 heteroatoms. The van der Waals surface area contributed by atoms with Crippen molar-refractivity contribution in [3.63, 3.8) is 0 Å². The SMILES string of the molecule is CN1CCC[C@H]1CN1CC(n2nnc(Cn3cc(NC(=O)c4cnn5cccnc45)c(-c4cc(CC(F)F)ccc4OC(F)F)n3)n2)C1. The van der Waals surface area contributed by atoms with E-state index in [1.54, 1.807) is 17.1 Å². The molecule has 1 atom stereocenters. The molecule has 7 rings (SSSR count). The minimum absolute atomic E-state index is 0.0125. The van der Waals surface area contributed by atoms with Crippen LogP contribution in [-0.2, 0) is 13.0 Å². The third-order valence-corrected chi connectivity index (χ3v) is 8.62. The number of benzene rings is 1. The summed E-state index contributed by atoms with van der Waals surface area (Å²) in [7, 11) is 2.15. The molecule has 252 valence electrons. The fraction of sp³-hybridized carbons (Fsp3) is 0.433. The number of nitrogens with zero attached hydrogens (tertiary/aromatic N) is 11. The van der Waals surface area contributed by atoms with Crippen LogP contribution in [0.3, 0.4) is 0 Å². The maximum absolute atomic E-state index is 13.4. The molecule has 2 fully saturated rings. The molecule has 2 aliphatic heterocycles. The lowest BCUT2D eigenvalue weighted by Gasteiger charge is -2.40. The van der Waals surface area contributed by atoms with Gasteiger partial charge in [-0.2, -0.15) is 23.8 Å². The van der Waals surface area contributed by atoms with E-state index >= 15 is 0 Å². The van der Waals surface area contributed by atoms with Gasteiger partial charge in [0.05, 0.1) is 17.9 Å². The number of likely N-dealkylation sites (N-methyl/N-ethyl adjacent to an activating group) is 1. The fourth-order valence-electron chi connectivity index (χ4n) is 6.20. The van der Waals surface area contributed by atoms with Gasteiger partial charge in [-0.05, 0) is 55.4 Å². The average molecular weight is 669 g/mol. The molecule has 6 heterocycles. The summed E-state index contributed by atoms with van der Waals surface area (Å²) in [5.74, 6) is -0.575. The van der Waals surface area contributed by atoms with E-state index in [4.69, 9.17) is 4.74 Å². The van der Waals surface area contributed by atoms with Gasteiger partial charge in [0, 0.05) is 56.3 Å². The van der Waals surface area contributed by atoms with Crippen LogP contribution >= 0.6 is 0 Å².